The van der Waals surface area contributed by atoms with Gasteiger partial charge in [0.15, 0.2) is 0 Å². The van der Waals surface area contributed by atoms with Crippen molar-refractivity contribution in [3.8, 4) is 0 Å². The van der Waals surface area contributed by atoms with E-state index in [2.05, 4.69) is 0 Å². The third kappa shape index (κ3) is 2.71. The highest BCUT2D eigenvalue weighted by molar-refractivity contribution is 6.07. The van der Waals surface area contributed by atoms with Gasteiger partial charge < -0.3 is 4.90 Å². The van der Waals surface area contributed by atoms with E-state index >= 15 is 0 Å². The van der Waals surface area contributed by atoms with Crippen molar-refractivity contribution in [3.63, 3.8) is 0 Å². The number of hydrogen-bond donors (Lipinski definition) is 0. The molecule has 8 heteroatoms. The summed E-state index contributed by atoms with van der Waals surface area (Å²) in [5.74, 6) is -1.22. The van der Waals surface area contributed by atoms with Gasteiger partial charge in [0.25, 0.3) is 5.69 Å². The lowest BCUT2D eigenvalue weighted by Gasteiger charge is -2.28. The Bertz CT molecular complexity index is 862. The standard InChI is InChI=1S/C20H21N3O5/c1-21(2)16(24)10-15(11-5-7-14(8-6-11)23(27)28)22-19(25)17-12-3-4-13(9-12)18(17)20(22)26/h3-8,12-13,15,17-18H,9-10H2,1-2H3. The Morgan fingerprint density at radius 1 is 1.14 bits per heavy atom. The zero-order valence-corrected chi connectivity index (χ0v) is 15.6. The number of rotatable bonds is 5. The van der Waals surface area contributed by atoms with Crippen molar-refractivity contribution in [1.82, 2.24) is 9.80 Å². The summed E-state index contributed by atoms with van der Waals surface area (Å²) in [6, 6.07) is 4.94. The number of nitrogens with zero attached hydrogens (tertiary/aromatic N) is 3. The molecule has 1 heterocycles. The molecule has 28 heavy (non-hydrogen) atoms. The van der Waals surface area contributed by atoms with Crippen molar-refractivity contribution in [3.05, 3.63) is 52.1 Å². The van der Waals surface area contributed by atoms with Crippen LogP contribution in [0.5, 0.6) is 0 Å². The Labute approximate surface area is 161 Å². The van der Waals surface area contributed by atoms with Crippen molar-refractivity contribution >= 4 is 23.4 Å². The quantitative estimate of drug-likeness (QED) is 0.335. The molecule has 146 valence electrons. The molecule has 3 amide bonds. The first kappa shape index (κ1) is 18.3. The largest absolute Gasteiger partial charge is 0.349 e. The van der Waals surface area contributed by atoms with E-state index in [9.17, 15) is 24.5 Å². The monoisotopic (exact) mass is 383 g/mol. The molecule has 1 aromatic rings. The summed E-state index contributed by atoms with van der Waals surface area (Å²) in [6.07, 6.45) is 4.82. The molecule has 3 aliphatic rings. The first-order valence-electron chi connectivity index (χ1n) is 9.29. The van der Waals surface area contributed by atoms with Crippen LogP contribution in [0.3, 0.4) is 0 Å². The Morgan fingerprint density at radius 3 is 2.14 bits per heavy atom. The van der Waals surface area contributed by atoms with E-state index in [1.807, 2.05) is 12.2 Å². The third-order valence-electron chi connectivity index (χ3n) is 6.17. The molecular formula is C20H21N3O5. The predicted octanol–water partition coefficient (Wildman–Crippen LogP) is 1.92. The molecule has 0 spiro atoms. The van der Waals surface area contributed by atoms with Crippen molar-refractivity contribution in [1.29, 1.82) is 0 Å². The fourth-order valence-corrected chi connectivity index (χ4v) is 4.76. The number of fused-ring (bicyclic) bond motifs is 5. The molecule has 0 radical (unpaired) electrons. The molecule has 1 aromatic carbocycles. The lowest BCUT2D eigenvalue weighted by molar-refractivity contribution is -0.384. The van der Waals surface area contributed by atoms with Crippen molar-refractivity contribution in [2.24, 2.45) is 23.7 Å². The van der Waals surface area contributed by atoms with Crippen LogP contribution in [-0.2, 0) is 14.4 Å². The summed E-state index contributed by atoms with van der Waals surface area (Å²) in [6.45, 7) is 0. The van der Waals surface area contributed by atoms with Crippen LogP contribution < -0.4 is 0 Å². The number of benzene rings is 1. The van der Waals surface area contributed by atoms with Crippen LogP contribution in [0.15, 0.2) is 36.4 Å². The number of carbonyl (C=O) groups excluding carboxylic acids is 3. The molecule has 5 atom stereocenters. The van der Waals surface area contributed by atoms with Gasteiger partial charge in [0.1, 0.15) is 0 Å². The number of amides is 3. The smallest absolute Gasteiger partial charge is 0.269 e. The van der Waals surface area contributed by atoms with Crippen LogP contribution in [0.25, 0.3) is 0 Å². The van der Waals surface area contributed by atoms with Gasteiger partial charge in [-0.05, 0) is 23.8 Å². The fourth-order valence-electron chi connectivity index (χ4n) is 4.76. The summed E-state index contributed by atoms with van der Waals surface area (Å²) in [5, 5.41) is 10.9. The molecule has 0 aromatic heterocycles. The SMILES string of the molecule is CN(C)C(=O)CC(c1ccc([N+](=O)[O-])cc1)N1C(=O)C2C3C=CC(C3)C2C1=O. The molecule has 8 nitrogen and oxygen atoms in total. The number of non-ortho nitro benzene ring substituents is 1. The second-order valence-corrected chi connectivity index (χ2v) is 7.90. The highest BCUT2D eigenvalue weighted by atomic mass is 16.6. The highest BCUT2D eigenvalue weighted by Gasteiger charge is 2.60. The van der Waals surface area contributed by atoms with E-state index in [1.165, 1.54) is 34.1 Å². The van der Waals surface area contributed by atoms with Crippen LogP contribution >= 0.6 is 0 Å². The number of imide groups is 1. The van der Waals surface area contributed by atoms with Gasteiger partial charge in [-0.3, -0.25) is 29.4 Å². The fraction of sp³-hybridized carbons (Fsp3) is 0.450. The van der Waals surface area contributed by atoms with Crippen LogP contribution in [0, 0.1) is 33.8 Å². The summed E-state index contributed by atoms with van der Waals surface area (Å²) >= 11 is 0. The van der Waals surface area contributed by atoms with E-state index in [1.54, 1.807) is 14.1 Å². The average Bonchev–Trinajstić information content (AvgIpc) is 3.34. The number of nitro groups is 1. The maximum Gasteiger partial charge on any atom is 0.269 e. The minimum atomic E-state index is -0.763. The van der Waals surface area contributed by atoms with Crippen LogP contribution in [0.4, 0.5) is 5.69 Å². The lowest BCUT2D eigenvalue weighted by Crippen LogP contribution is -2.39. The second kappa shape index (κ2) is 6.54. The maximum atomic E-state index is 13.2. The Morgan fingerprint density at radius 2 is 1.68 bits per heavy atom. The van der Waals surface area contributed by atoms with Crippen LogP contribution in [0.2, 0.25) is 0 Å². The summed E-state index contributed by atoms with van der Waals surface area (Å²) in [7, 11) is 3.23. The van der Waals surface area contributed by atoms with Crippen LogP contribution in [-0.4, -0.2) is 46.5 Å². The Hall–Kier alpha value is -3.03. The zero-order valence-electron chi connectivity index (χ0n) is 15.6. The molecule has 1 saturated carbocycles. The first-order valence-corrected chi connectivity index (χ1v) is 9.29. The van der Waals surface area contributed by atoms with E-state index in [0.29, 0.717) is 5.56 Å². The van der Waals surface area contributed by atoms with Gasteiger partial charge in [-0.15, -0.1) is 0 Å². The summed E-state index contributed by atoms with van der Waals surface area (Å²) in [4.78, 5) is 51.8. The highest BCUT2D eigenvalue weighted by Crippen LogP contribution is 2.54. The molecule has 0 N–H and O–H groups in total. The zero-order chi connectivity index (χ0) is 20.2. The third-order valence-corrected chi connectivity index (χ3v) is 6.17. The predicted molar refractivity (Wildman–Crippen MR) is 98.7 cm³/mol. The molecule has 2 bridgehead atoms. The van der Waals surface area contributed by atoms with Gasteiger partial charge in [-0.2, -0.15) is 0 Å². The first-order chi connectivity index (χ1) is 13.3. The van der Waals surface area contributed by atoms with E-state index in [4.69, 9.17) is 0 Å². The molecule has 1 saturated heterocycles. The Kier molecular flexibility index (Phi) is 4.28. The number of hydrogen-bond acceptors (Lipinski definition) is 5. The number of allylic oxidation sites excluding steroid dienone is 2. The molecule has 1 aliphatic heterocycles. The van der Waals surface area contributed by atoms with Gasteiger partial charge in [0.05, 0.1) is 29.2 Å². The molecule has 2 aliphatic carbocycles. The molecule has 4 rings (SSSR count). The second-order valence-electron chi connectivity index (χ2n) is 7.90. The van der Waals surface area contributed by atoms with Gasteiger partial charge >= 0.3 is 0 Å². The van der Waals surface area contributed by atoms with Crippen molar-refractivity contribution in [2.45, 2.75) is 18.9 Å². The lowest BCUT2D eigenvalue weighted by atomic mass is 9.85. The number of nitro benzene ring substituents is 1. The van der Waals surface area contributed by atoms with Crippen LogP contribution in [0.1, 0.15) is 24.4 Å². The Balaban J connectivity index is 1.69. The minimum absolute atomic E-state index is 0.0511. The number of likely N-dealkylation sites (tertiary alicyclic amines) is 1. The molecule has 5 unspecified atom stereocenters. The summed E-state index contributed by atoms with van der Waals surface area (Å²) < 4.78 is 0. The minimum Gasteiger partial charge on any atom is -0.349 e. The van der Waals surface area contributed by atoms with Gasteiger partial charge in [-0.25, -0.2) is 0 Å². The molecule has 2 fully saturated rings. The normalized spacial score (nSPS) is 28.6. The number of carbonyl (C=O) groups is 3. The summed E-state index contributed by atoms with van der Waals surface area (Å²) in [5.41, 5.74) is 0.461. The topological polar surface area (TPSA) is 101 Å². The van der Waals surface area contributed by atoms with Gasteiger partial charge in [-0.1, -0.05) is 24.3 Å². The van der Waals surface area contributed by atoms with Crippen molar-refractivity contribution < 1.29 is 19.3 Å². The van der Waals surface area contributed by atoms with Gasteiger partial charge in [0.2, 0.25) is 17.7 Å². The molecular weight excluding hydrogens is 362 g/mol. The van der Waals surface area contributed by atoms with Crippen molar-refractivity contribution in [2.75, 3.05) is 14.1 Å². The van der Waals surface area contributed by atoms with E-state index in [-0.39, 0.29) is 53.5 Å². The van der Waals surface area contributed by atoms with Gasteiger partial charge in [0, 0.05) is 26.2 Å². The average molecular weight is 383 g/mol. The van der Waals surface area contributed by atoms with E-state index < -0.39 is 11.0 Å². The maximum absolute atomic E-state index is 13.2. The van der Waals surface area contributed by atoms with E-state index in [0.717, 1.165) is 6.42 Å².